The quantitative estimate of drug-likeness (QED) is 0.221. The monoisotopic (exact) mass is 597 g/mol. The zero-order valence-electron chi connectivity index (χ0n) is 19.3. The first-order valence-electron chi connectivity index (χ1n) is 11.6. The van der Waals surface area contributed by atoms with Crippen molar-refractivity contribution in [3.05, 3.63) is 133 Å². The lowest BCUT2D eigenvalue weighted by Crippen LogP contribution is -2.00. The molecule has 7 heteroatoms. The third-order valence-electron chi connectivity index (χ3n) is 6.30. The van der Waals surface area contributed by atoms with Crippen LogP contribution in [0.2, 0.25) is 20.1 Å². The van der Waals surface area contributed by atoms with E-state index in [9.17, 15) is 0 Å². The molecule has 0 radical (unpaired) electrons. The van der Waals surface area contributed by atoms with Gasteiger partial charge in [-0.3, -0.25) is 0 Å². The zero-order chi connectivity index (χ0) is 25.5. The van der Waals surface area contributed by atoms with Crippen molar-refractivity contribution >= 4 is 80.9 Å². The number of fused-ring (bicyclic) bond motifs is 2. The van der Waals surface area contributed by atoms with Crippen molar-refractivity contribution in [1.29, 1.82) is 0 Å². The van der Waals surface area contributed by atoms with Crippen LogP contribution in [0.3, 0.4) is 0 Å². The molecule has 6 rings (SSSR count). The average Bonchev–Trinajstić information content (AvgIpc) is 3.12. The standard InChI is InChI=1S/C30H19Cl4NS2/c31-19-9-5-17(6-10-19)15-26-28-27(30(37-26)22-14-13-21(33)16-23(22)34)29(18-7-11-20(32)12-8-18)36-25-4-2-1-3-24(25)35-28/h1-14,16,29,35H,15H2. The van der Waals surface area contributed by atoms with Gasteiger partial charge in [0.25, 0.3) is 0 Å². The highest BCUT2D eigenvalue weighted by molar-refractivity contribution is 8.00. The number of para-hydroxylation sites is 1. The Morgan fingerprint density at radius 3 is 2.14 bits per heavy atom. The van der Waals surface area contributed by atoms with Crippen LogP contribution in [0.4, 0.5) is 11.4 Å². The molecule has 184 valence electrons. The molecule has 0 spiro atoms. The molecule has 0 fully saturated rings. The zero-order valence-corrected chi connectivity index (χ0v) is 23.9. The lowest BCUT2D eigenvalue weighted by Gasteiger charge is -2.18. The normalized spacial score (nSPS) is 14.4. The van der Waals surface area contributed by atoms with Crippen LogP contribution < -0.4 is 5.32 Å². The van der Waals surface area contributed by atoms with Crippen molar-refractivity contribution in [2.45, 2.75) is 16.6 Å². The molecular formula is C30H19Cl4NS2. The molecule has 1 atom stereocenters. The van der Waals surface area contributed by atoms with Gasteiger partial charge in [0.1, 0.15) is 0 Å². The predicted molar refractivity (Wildman–Crippen MR) is 163 cm³/mol. The Bertz CT molecular complexity index is 1590. The van der Waals surface area contributed by atoms with E-state index in [1.165, 1.54) is 26.5 Å². The largest absolute Gasteiger partial charge is 0.353 e. The minimum absolute atomic E-state index is 0.0281. The van der Waals surface area contributed by atoms with Crippen molar-refractivity contribution < 1.29 is 0 Å². The van der Waals surface area contributed by atoms with E-state index >= 15 is 0 Å². The summed E-state index contributed by atoms with van der Waals surface area (Å²) in [4.78, 5) is 3.55. The van der Waals surface area contributed by atoms with Crippen molar-refractivity contribution in [3.8, 4) is 10.4 Å². The van der Waals surface area contributed by atoms with Gasteiger partial charge in [-0.1, -0.05) is 88.9 Å². The van der Waals surface area contributed by atoms with Gasteiger partial charge in [-0.2, -0.15) is 0 Å². The summed E-state index contributed by atoms with van der Waals surface area (Å²) in [6, 6.07) is 30.4. The van der Waals surface area contributed by atoms with Crippen LogP contribution in [0, 0.1) is 0 Å². The number of hydrogen-bond donors (Lipinski definition) is 1. The Hall–Kier alpha value is -2.11. The van der Waals surface area contributed by atoms with Gasteiger partial charge in [-0.05, 0) is 59.7 Å². The second kappa shape index (κ2) is 10.6. The van der Waals surface area contributed by atoms with Crippen molar-refractivity contribution in [2.75, 3.05) is 5.32 Å². The van der Waals surface area contributed by atoms with Crippen molar-refractivity contribution in [1.82, 2.24) is 0 Å². The van der Waals surface area contributed by atoms with Gasteiger partial charge in [0.2, 0.25) is 0 Å². The number of benzene rings is 4. The van der Waals surface area contributed by atoms with E-state index < -0.39 is 0 Å². The van der Waals surface area contributed by atoms with Gasteiger partial charge in [0.05, 0.1) is 21.6 Å². The maximum absolute atomic E-state index is 6.80. The molecule has 1 nitrogen and oxygen atoms in total. The van der Waals surface area contributed by atoms with Crippen LogP contribution in [0.1, 0.15) is 26.8 Å². The van der Waals surface area contributed by atoms with E-state index in [1.54, 1.807) is 11.3 Å². The highest BCUT2D eigenvalue weighted by Gasteiger charge is 2.32. The molecule has 37 heavy (non-hydrogen) atoms. The predicted octanol–water partition coefficient (Wildman–Crippen LogP) is 11.6. The molecule has 1 aliphatic heterocycles. The van der Waals surface area contributed by atoms with Gasteiger partial charge >= 0.3 is 0 Å². The number of anilines is 2. The Kier molecular flexibility index (Phi) is 7.19. The Morgan fingerprint density at radius 1 is 0.730 bits per heavy atom. The second-order valence-corrected chi connectivity index (χ2v) is 12.7. The summed E-state index contributed by atoms with van der Waals surface area (Å²) in [5, 5.41) is 6.53. The highest BCUT2D eigenvalue weighted by Crippen LogP contribution is 2.57. The number of hydrogen-bond acceptors (Lipinski definition) is 3. The smallest absolute Gasteiger partial charge is 0.0629 e. The van der Waals surface area contributed by atoms with Crippen LogP contribution in [0.5, 0.6) is 0 Å². The van der Waals surface area contributed by atoms with Gasteiger partial charge < -0.3 is 5.32 Å². The molecule has 0 saturated carbocycles. The minimum atomic E-state index is 0.0281. The van der Waals surface area contributed by atoms with Crippen LogP contribution in [-0.2, 0) is 6.42 Å². The number of rotatable bonds is 4. The molecular weight excluding hydrogens is 580 g/mol. The molecule has 5 aromatic rings. The summed E-state index contributed by atoms with van der Waals surface area (Å²) in [5.74, 6) is 0. The van der Waals surface area contributed by atoms with Gasteiger partial charge in [0, 0.05) is 47.3 Å². The first kappa shape index (κ1) is 25.2. The maximum atomic E-state index is 6.80. The van der Waals surface area contributed by atoms with Gasteiger partial charge in [-0.25, -0.2) is 0 Å². The fourth-order valence-electron chi connectivity index (χ4n) is 4.53. The molecule has 1 N–H and O–H groups in total. The molecule has 1 unspecified atom stereocenters. The molecule has 1 aliphatic rings. The van der Waals surface area contributed by atoms with E-state index in [-0.39, 0.29) is 5.25 Å². The molecule has 0 amide bonds. The lowest BCUT2D eigenvalue weighted by atomic mass is 9.98. The summed E-state index contributed by atoms with van der Waals surface area (Å²) in [6.07, 6.45) is 0.766. The van der Waals surface area contributed by atoms with E-state index in [1.807, 2.05) is 54.2 Å². The van der Waals surface area contributed by atoms with Gasteiger partial charge in [0.15, 0.2) is 0 Å². The van der Waals surface area contributed by atoms with Crippen LogP contribution in [0.25, 0.3) is 10.4 Å². The van der Waals surface area contributed by atoms with E-state index in [0.29, 0.717) is 10.0 Å². The van der Waals surface area contributed by atoms with E-state index in [4.69, 9.17) is 46.4 Å². The molecule has 1 aromatic heterocycles. The third kappa shape index (κ3) is 5.14. The lowest BCUT2D eigenvalue weighted by molar-refractivity contribution is 1.16. The minimum Gasteiger partial charge on any atom is -0.353 e. The first-order chi connectivity index (χ1) is 18.0. The second-order valence-electron chi connectivity index (χ2n) is 8.74. The van der Waals surface area contributed by atoms with Crippen molar-refractivity contribution in [2.24, 2.45) is 0 Å². The fourth-order valence-corrected chi connectivity index (χ4v) is 8.09. The van der Waals surface area contributed by atoms with E-state index in [0.717, 1.165) is 38.3 Å². The molecule has 2 heterocycles. The average molecular weight is 599 g/mol. The van der Waals surface area contributed by atoms with Crippen LogP contribution >= 0.6 is 69.5 Å². The third-order valence-corrected chi connectivity index (χ3v) is 9.94. The first-order valence-corrected chi connectivity index (χ1v) is 14.8. The van der Waals surface area contributed by atoms with Gasteiger partial charge in [-0.15, -0.1) is 23.1 Å². The van der Waals surface area contributed by atoms with Crippen LogP contribution in [0.15, 0.2) is 95.9 Å². The number of halogens is 4. The topological polar surface area (TPSA) is 12.0 Å². The summed E-state index contributed by atoms with van der Waals surface area (Å²) >= 11 is 29.1. The maximum Gasteiger partial charge on any atom is 0.0629 e. The summed E-state index contributed by atoms with van der Waals surface area (Å²) in [6.45, 7) is 0. The highest BCUT2D eigenvalue weighted by atomic mass is 35.5. The number of thiophene rings is 1. The fraction of sp³-hybridized carbons (Fsp3) is 0.0667. The van der Waals surface area contributed by atoms with Crippen LogP contribution in [-0.4, -0.2) is 0 Å². The Balaban J connectivity index is 1.61. The van der Waals surface area contributed by atoms with Crippen molar-refractivity contribution in [3.63, 3.8) is 0 Å². The number of thioether (sulfide) groups is 1. The molecule has 0 saturated heterocycles. The molecule has 0 bridgehead atoms. The summed E-state index contributed by atoms with van der Waals surface area (Å²) < 4.78 is 0. The summed E-state index contributed by atoms with van der Waals surface area (Å²) in [5.41, 5.74) is 6.77. The molecule has 4 aromatic carbocycles. The molecule has 0 aliphatic carbocycles. The Labute approximate surface area is 244 Å². The number of nitrogens with one attached hydrogen (secondary N) is 1. The Morgan fingerprint density at radius 2 is 1.41 bits per heavy atom. The van der Waals surface area contributed by atoms with E-state index in [2.05, 4.69) is 53.8 Å². The SMILES string of the molecule is Clc1ccc(Cc2sc(-c3ccc(Cl)cc3Cl)c3c2Nc2ccccc2SC3c2ccc(Cl)cc2)cc1. The summed E-state index contributed by atoms with van der Waals surface area (Å²) in [7, 11) is 0.